The second kappa shape index (κ2) is 9.47. The summed E-state index contributed by atoms with van der Waals surface area (Å²) in [6, 6.07) is 15.8. The lowest BCUT2D eigenvalue weighted by Crippen LogP contribution is -2.20. The molecular weight excluding hydrogens is 458 g/mol. The molecule has 158 valence electrons. The van der Waals surface area contributed by atoms with Crippen molar-refractivity contribution in [2.75, 3.05) is 10.6 Å². The fourth-order valence-electron chi connectivity index (χ4n) is 2.91. The van der Waals surface area contributed by atoms with Gasteiger partial charge in [-0.3, -0.25) is 9.36 Å². The first-order valence-electron chi connectivity index (χ1n) is 9.28. The summed E-state index contributed by atoms with van der Waals surface area (Å²) in [4.78, 5) is 0. The highest BCUT2D eigenvalue weighted by molar-refractivity contribution is 7.80. The summed E-state index contributed by atoms with van der Waals surface area (Å²) in [5, 5.41) is 16.1. The van der Waals surface area contributed by atoms with Crippen molar-refractivity contribution < 1.29 is 4.39 Å². The molecule has 0 atom stereocenters. The van der Waals surface area contributed by atoms with Crippen molar-refractivity contribution in [1.82, 2.24) is 19.6 Å². The minimum absolute atomic E-state index is 0.270. The van der Waals surface area contributed by atoms with Crippen molar-refractivity contribution in [3.63, 3.8) is 0 Å². The average Bonchev–Trinajstić information content (AvgIpc) is 3.31. The molecule has 0 saturated heterocycles. The number of thiocarbonyl (C=S) groups is 1. The Labute approximate surface area is 193 Å². The van der Waals surface area contributed by atoms with E-state index in [4.69, 9.17) is 35.4 Å². The van der Waals surface area contributed by atoms with E-state index in [-0.39, 0.29) is 10.9 Å². The highest BCUT2D eigenvalue weighted by Crippen LogP contribution is 2.21. The highest BCUT2D eigenvalue weighted by atomic mass is 35.5. The van der Waals surface area contributed by atoms with Crippen molar-refractivity contribution in [3.8, 4) is 0 Å². The van der Waals surface area contributed by atoms with Gasteiger partial charge in [-0.15, -0.1) is 0 Å². The van der Waals surface area contributed by atoms with Crippen LogP contribution >= 0.6 is 35.4 Å². The Hall–Kier alpha value is -2.94. The summed E-state index contributed by atoms with van der Waals surface area (Å²) < 4.78 is 17.1. The predicted octanol–water partition coefficient (Wildman–Crippen LogP) is 5.43. The van der Waals surface area contributed by atoms with Crippen LogP contribution in [0.15, 0.2) is 67.0 Å². The molecule has 2 aromatic carbocycles. The largest absolute Gasteiger partial charge is 0.316 e. The molecule has 0 spiro atoms. The average molecular weight is 475 g/mol. The van der Waals surface area contributed by atoms with Crippen LogP contribution in [0.5, 0.6) is 0 Å². The third-order valence-corrected chi connectivity index (χ3v) is 5.11. The number of hydrogen-bond donors (Lipinski definition) is 2. The molecule has 0 aliphatic rings. The van der Waals surface area contributed by atoms with Crippen molar-refractivity contribution >= 4 is 52.2 Å². The summed E-state index contributed by atoms with van der Waals surface area (Å²) in [6.07, 6.45) is 3.45. The molecule has 0 radical (unpaired) electrons. The van der Waals surface area contributed by atoms with E-state index in [0.29, 0.717) is 40.3 Å². The van der Waals surface area contributed by atoms with Crippen LogP contribution in [0, 0.1) is 5.82 Å². The summed E-state index contributed by atoms with van der Waals surface area (Å²) in [7, 11) is 0. The number of benzene rings is 2. The van der Waals surface area contributed by atoms with Gasteiger partial charge in [0.2, 0.25) is 0 Å². The van der Waals surface area contributed by atoms with E-state index >= 15 is 0 Å². The van der Waals surface area contributed by atoms with Crippen LogP contribution in [0.1, 0.15) is 11.1 Å². The lowest BCUT2D eigenvalue weighted by Gasteiger charge is -2.07. The molecule has 0 bridgehead atoms. The maximum atomic E-state index is 13.8. The first kappa shape index (κ1) is 21.3. The van der Waals surface area contributed by atoms with Crippen molar-refractivity contribution in [1.29, 1.82) is 0 Å². The van der Waals surface area contributed by atoms with E-state index in [2.05, 4.69) is 20.8 Å². The molecule has 10 heteroatoms. The normalized spacial score (nSPS) is 10.8. The third-order valence-electron chi connectivity index (χ3n) is 4.38. The molecule has 4 aromatic rings. The van der Waals surface area contributed by atoms with E-state index in [0.717, 1.165) is 5.56 Å². The molecule has 2 aromatic heterocycles. The number of hydrogen-bond acceptors (Lipinski definition) is 3. The molecule has 31 heavy (non-hydrogen) atoms. The fourth-order valence-corrected chi connectivity index (χ4v) is 3.44. The zero-order valence-electron chi connectivity index (χ0n) is 16.1. The molecule has 6 nitrogen and oxygen atoms in total. The number of halogens is 3. The first-order chi connectivity index (χ1) is 15.0. The molecule has 0 fully saturated rings. The third kappa shape index (κ3) is 5.61. The molecule has 0 amide bonds. The SMILES string of the molecule is Fc1ccccc1Cn1ccc(NC(=S)Nc2nn(Cc3ccc(Cl)cc3)cc2Cl)n1. The van der Waals surface area contributed by atoms with Crippen molar-refractivity contribution in [3.05, 3.63) is 94.0 Å². The van der Waals surface area contributed by atoms with Gasteiger partial charge < -0.3 is 10.6 Å². The van der Waals surface area contributed by atoms with Crippen LogP contribution in [0.25, 0.3) is 0 Å². The number of aromatic nitrogens is 4. The van der Waals surface area contributed by atoms with Gasteiger partial charge in [0.1, 0.15) is 10.8 Å². The van der Waals surface area contributed by atoms with Crippen LogP contribution in [0.2, 0.25) is 10.0 Å². The van der Waals surface area contributed by atoms with Gasteiger partial charge in [0.05, 0.1) is 13.1 Å². The predicted molar refractivity (Wildman–Crippen MR) is 125 cm³/mol. The maximum absolute atomic E-state index is 13.8. The van der Waals surface area contributed by atoms with Gasteiger partial charge in [-0.25, -0.2) is 4.39 Å². The molecular formula is C21H17Cl2FN6S. The zero-order chi connectivity index (χ0) is 21.8. The van der Waals surface area contributed by atoms with Crippen LogP contribution in [0.3, 0.4) is 0 Å². The highest BCUT2D eigenvalue weighted by Gasteiger charge is 2.11. The first-order valence-corrected chi connectivity index (χ1v) is 10.4. The molecule has 0 saturated carbocycles. The Bertz CT molecular complexity index is 1200. The van der Waals surface area contributed by atoms with Gasteiger partial charge in [-0.05, 0) is 36.0 Å². The van der Waals surface area contributed by atoms with E-state index in [1.807, 2.05) is 24.3 Å². The number of nitrogens with zero attached hydrogens (tertiary/aromatic N) is 4. The second-order valence-corrected chi connectivity index (χ2v) is 7.97. The molecule has 4 rings (SSSR count). The Kier molecular flexibility index (Phi) is 6.50. The lowest BCUT2D eigenvalue weighted by atomic mass is 10.2. The second-order valence-electron chi connectivity index (χ2n) is 6.72. The van der Waals surface area contributed by atoms with E-state index < -0.39 is 0 Å². The summed E-state index contributed by atoms with van der Waals surface area (Å²) in [5.74, 6) is 0.679. The number of nitrogens with one attached hydrogen (secondary N) is 2. The zero-order valence-corrected chi connectivity index (χ0v) is 18.4. The van der Waals surface area contributed by atoms with E-state index in [1.165, 1.54) is 6.07 Å². The topological polar surface area (TPSA) is 59.7 Å². The van der Waals surface area contributed by atoms with E-state index in [1.54, 1.807) is 46.0 Å². The summed E-state index contributed by atoms with van der Waals surface area (Å²) in [5.41, 5.74) is 1.59. The van der Waals surface area contributed by atoms with Crippen LogP contribution in [-0.4, -0.2) is 24.7 Å². The molecule has 2 heterocycles. The number of rotatable bonds is 6. The Morgan fingerprint density at radius 2 is 1.71 bits per heavy atom. The molecule has 2 N–H and O–H groups in total. The van der Waals surface area contributed by atoms with Crippen LogP contribution in [0.4, 0.5) is 16.0 Å². The van der Waals surface area contributed by atoms with Gasteiger partial charge in [0, 0.05) is 29.0 Å². The van der Waals surface area contributed by atoms with Crippen molar-refractivity contribution in [2.45, 2.75) is 13.1 Å². The molecule has 0 unspecified atom stereocenters. The monoisotopic (exact) mass is 474 g/mol. The summed E-state index contributed by atoms with van der Waals surface area (Å²) in [6.45, 7) is 0.856. The Morgan fingerprint density at radius 3 is 2.48 bits per heavy atom. The van der Waals surface area contributed by atoms with Gasteiger partial charge in [-0.1, -0.05) is 53.5 Å². The lowest BCUT2D eigenvalue weighted by molar-refractivity contribution is 0.586. The molecule has 0 aliphatic heterocycles. The van der Waals surface area contributed by atoms with E-state index in [9.17, 15) is 4.39 Å². The van der Waals surface area contributed by atoms with Gasteiger partial charge in [-0.2, -0.15) is 10.2 Å². The minimum Gasteiger partial charge on any atom is -0.316 e. The van der Waals surface area contributed by atoms with Gasteiger partial charge >= 0.3 is 0 Å². The van der Waals surface area contributed by atoms with Crippen LogP contribution < -0.4 is 10.6 Å². The Morgan fingerprint density at radius 1 is 0.935 bits per heavy atom. The number of anilines is 2. The minimum atomic E-state index is -0.270. The summed E-state index contributed by atoms with van der Waals surface area (Å²) >= 11 is 17.5. The van der Waals surface area contributed by atoms with Crippen LogP contribution in [-0.2, 0) is 13.1 Å². The van der Waals surface area contributed by atoms with Gasteiger partial charge in [0.25, 0.3) is 0 Å². The Balaban J connectivity index is 1.36. The van der Waals surface area contributed by atoms with Crippen molar-refractivity contribution in [2.24, 2.45) is 0 Å². The fraction of sp³-hybridized carbons (Fsp3) is 0.0952. The quantitative estimate of drug-likeness (QED) is 0.364. The maximum Gasteiger partial charge on any atom is 0.177 e. The smallest absolute Gasteiger partial charge is 0.177 e. The molecule has 0 aliphatic carbocycles. The van der Waals surface area contributed by atoms with Gasteiger partial charge in [0.15, 0.2) is 16.7 Å². The standard InChI is InChI=1S/C21H17Cl2FN6S/c22-16-7-5-14(6-8-16)11-30-13-17(23)20(28-30)26-21(31)25-19-9-10-29(27-19)12-15-3-1-2-4-18(15)24/h1-10,13H,11-12H2,(H2,25,26,27,28,31).